The van der Waals surface area contributed by atoms with Crippen molar-refractivity contribution in [3.63, 3.8) is 0 Å². The van der Waals surface area contributed by atoms with Gasteiger partial charge < -0.3 is 75.6 Å². The lowest BCUT2D eigenvalue weighted by molar-refractivity contribution is -0.941. The second-order valence-corrected chi connectivity index (χ2v) is 41.3. The summed E-state index contributed by atoms with van der Waals surface area (Å²) in [5.41, 5.74) is 9.39. The Hall–Kier alpha value is -5.43. The zero-order valence-corrected chi connectivity index (χ0v) is 88.4. The zero-order chi connectivity index (χ0) is 86.0. The second kappa shape index (κ2) is 73.2. The Morgan fingerprint density at radius 1 is 0.294 bits per heavy atom. The molecule has 0 spiro atoms. The third kappa shape index (κ3) is 43.3. The molecule has 0 amide bonds. The first-order chi connectivity index (χ1) is 58.8. The first-order valence-electron chi connectivity index (χ1n) is 46.9. The van der Waals surface area contributed by atoms with E-state index in [-0.39, 0.29) is 101 Å². The van der Waals surface area contributed by atoms with Crippen LogP contribution < -0.4 is 82.5 Å². The lowest BCUT2D eigenvalue weighted by Crippen LogP contribution is -3.00. The van der Waals surface area contributed by atoms with Crippen molar-refractivity contribution >= 4 is 66.6 Å². The van der Waals surface area contributed by atoms with E-state index in [1.165, 1.54) is 282 Å². The largest absolute Gasteiger partial charge is 1.00 e. The Morgan fingerprint density at radius 3 is 0.802 bits per heavy atom. The summed E-state index contributed by atoms with van der Waals surface area (Å²) in [6.45, 7) is 40.7. The van der Waals surface area contributed by atoms with Gasteiger partial charge in [-0.25, -0.2) is 0 Å². The van der Waals surface area contributed by atoms with E-state index in [1.54, 1.807) is 5.57 Å². The summed E-state index contributed by atoms with van der Waals surface area (Å²) in [5.74, 6) is 0. The van der Waals surface area contributed by atoms with E-state index in [1.807, 2.05) is 0 Å². The van der Waals surface area contributed by atoms with Gasteiger partial charge in [-0.2, -0.15) is 0 Å². The third-order valence-corrected chi connectivity index (χ3v) is 32.9. The van der Waals surface area contributed by atoms with Gasteiger partial charge in [0.05, 0.1) is 62.9 Å². The van der Waals surface area contributed by atoms with Crippen LogP contribution in [0.3, 0.4) is 0 Å². The number of rotatable bonds is 44. The van der Waals surface area contributed by atoms with E-state index in [0.717, 1.165) is 6.16 Å². The average molecular weight is 1940 g/mol. The molecule has 0 aliphatic rings. The molecule has 0 aliphatic carbocycles. The molecular weight excluding hydrogens is 1780 g/mol. The number of quaternary nitrogens is 2. The Morgan fingerprint density at radius 2 is 0.532 bits per heavy atom. The highest BCUT2D eigenvalue weighted by Gasteiger charge is 2.45. The SMILES string of the molecule is CCCCC(=CC(P)CCCC)CCCC.CCCC[N+](CCCC)(CCCC)CCCC.CCCC[N+](CCCC)(CCCC)Cc1ccccc1.Cc1ccccc1[S+](c1ccccc1C)c1ccccc1C.Cl.[Br-].[Cl-].[Cl-].[Cl-].[Cl-].c1ccc(C[P+](c2ccccc2)(c2ccccc2)c2ccccc2)cc1.c1ccc([S+](c2ccccc2)c2ccccc2)cc1. The van der Waals surface area contributed by atoms with Crippen molar-refractivity contribution in [1.82, 2.24) is 0 Å². The van der Waals surface area contributed by atoms with Crippen LogP contribution in [-0.2, 0) is 34.5 Å². The Labute approximate surface area is 821 Å². The summed E-state index contributed by atoms with van der Waals surface area (Å²) in [6.07, 6.45) is 34.7. The van der Waals surface area contributed by atoms with Gasteiger partial charge in [0.15, 0.2) is 29.4 Å². The molecule has 0 fully saturated rings. The lowest BCUT2D eigenvalue weighted by Gasteiger charge is -2.39. The van der Waals surface area contributed by atoms with Gasteiger partial charge in [-0.1, -0.05) is 376 Å². The summed E-state index contributed by atoms with van der Waals surface area (Å²) >= 11 is 0. The minimum absolute atomic E-state index is 0. The maximum absolute atomic E-state index is 3.01. The monoisotopic (exact) mass is 1940 g/mol. The third-order valence-electron chi connectivity index (χ3n) is 23.0. The van der Waals surface area contributed by atoms with Gasteiger partial charge in [-0.05, 0) is 200 Å². The molecule has 2 nitrogen and oxygen atoms in total. The molecule has 11 aromatic rings. The molecule has 0 aromatic heterocycles. The molecule has 126 heavy (non-hydrogen) atoms. The van der Waals surface area contributed by atoms with Crippen LogP contribution in [0.5, 0.6) is 0 Å². The molecule has 12 heteroatoms. The first-order valence-corrected chi connectivity index (χ1v) is 51.9. The van der Waals surface area contributed by atoms with Crippen molar-refractivity contribution in [3.05, 3.63) is 355 Å². The van der Waals surface area contributed by atoms with Crippen LogP contribution in [0.25, 0.3) is 0 Å². The molecule has 11 aromatic carbocycles. The number of hydrogen-bond donors (Lipinski definition) is 0. The van der Waals surface area contributed by atoms with Crippen molar-refractivity contribution in [2.45, 2.75) is 285 Å². The summed E-state index contributed by atoms with van der Waals surface area (Å²) in [7, 11) is 1.17. The predicted octanol–water partition coefficient (Wildman–Crippen LogP) is 17.2. The number of nitrogens with zero attached hydrogens (tertiary/aromatic N) is 2. The minimum Gasteiger partial charge on any atom is -1.00 e. The highest BCUT2D eigenvalue weighted by Crippen LogP contribution is 2.58. The van der Waals surface area contributed by atoms with E-state index in [2.05, 4.69) is 421 Å². The highest BCUT2D eigenvalue weighted by molar-refractivity contribution is 7.97. The fraction of sp³-hybridized carbons (Fsp3) is 0.404. The van der Waals surface area contributed by atoms with Gasteiger partial charge >= 0.3 is 0 Å². The van der Waals surface area contributed by atoms with E-state index >= 15 is 0 Å². The topological polar surface area (TPSA) is 0 Å². The van der Waals surface area contributed by atoms with Gasteiger partial charge in [-0.3, -0.25) is 0 Å². The van der Waals surface area contributed by atoms with E-state index in [0.29, 0.717) is 5.66 Å². The molecule has 0 radical (unpaired) electrons. The molecule has 0 aliphatic heterocycles. The molecule has 0 heterocycles. The standard InChI is InChI=1S/C25H22P.C21H21S.C19H34N.C18H15S.C16H36N.C15H31P.BrH.5ClH/c1-5-13-22(14-6-1)21-26(23-15-7-2-8-16-23,24-17-9-3-10-18-24)25-19-11-4-12-20-25;1-16-10-4-7-13-19(16)22(20-14-8-5-11-17(20)2)21-15-9-6-12-18(21)3;1-4-7-15-20(16-8-5-2,17-9-6-3)18-19-13-11-10-12-14-19;1-4-10-16(11-5-1)19(17-12-6-2-7-13-17)18-14-8-3-9-15-18;1-5-9-13-17(14-10-6-2,15-11-7-3)16-12-8-4;1-4-7-10-14(11-8-5-2)13-15(16)12-9-6-3;;;;;;/h1-20H,21H2;4-15H,1-3H3;10-14H,4-9,15-18H2,1-3H3;1-15H;5-16H2,1-4H3;13,15H,4-12,16H2,1-3H3;6*1H/q5*+1;;;;;;;/p-5. The zero-order valence-electron chi connectivity index (χ0n) is 79.3. The molecule has 11 rings (SSSR count). The van der Waals surface area contributed by atoms with E-state index < -0.39 is 7.26 Å². The Balaban J connectivity index is 0.00000149. The molecule has 0 saturated carbocycles. The number of benzene rings is 11. The second-order valence-electron chi connectivity index (χ2n) is 33.0. The van der Waals surface area contributed by atoms with Gasteiger partial charge in [0.1, 0.15) is 40.6 Å². The molecule has 690 valence electrons. The normalized spacial score (nSPS) is 10.9. The first kappa shape index (κ1) is 121. The fourth-order valence-electron chi connectivity index (χ4n) is 16.0. The fourth-order valence-corrected chi connectivity index (χ4v) is 25.4. The van der Waals surface area contributed by atoms with Crippen molar-refractivity contribution in [1.29, 1.82) is 0 Å². The van der Waals surface area contributed by atoms with Crippen LogP contribution in [0.15, 0.2) is 356 Å². The molecule has 2 atom stereocenters. The molecular formula is C114H160BrCl5N2P2S2. The Bertz CT molecular complexity index is 4020. The maximum Gasteiger partial charge on any atom is 0.169 e. The van der Waals surface area contributed by atoms with Crippen LogP contribution in [0, 0.1) is 20.8 Å². The van der Waals surface area contributed by atoms with Crippen LogP contribution in [0.1, 0.15) is 245 Å². The molecule has 0 saturated heterocycles. The van der Waals surface area contributed by atoms with Crippen LogP contribution in [0.4, 0.5) is 0 Å². The summed E-state index contributed by atoms with van der Waals surface area (Å²) in [6, 6.07) is 114. The number of allylic oxidation sites excluding steroid dienone is 2. The predicted molar refractivity (Wildman–Crippen MR) is 549 cm³/mol. The van der Waals surface area contributed by atoms with Gasteiger partial charge in [0.2, 0.25) is 0 Å². The smallest absolute Gasteiger partial charge is 0.169 e. The lowest BCUT2D eigenvalue weighted by atomic mass is 10.0. The van der Waals surface area contributed by atoms with Crippen LogP contribution in [0.2, 0.25) is 0 Å². The van der Waals surface area contributed by atoms with Crippen molar-refractivity contribution in [2.24, 2.45) is 0 Å². The number of aryl methyl sites for hydroxylation is 3. The van der Waals surface area contributed by atoms with Crippen LogP contribution in [-0.4, -0.2) is 60.4 Å². The van der Waals surface area contributed by atoms with E-state index in [4.69, 9.17) is 0 Å². The van der Waals surface area contributed by atoms with E-state index in [9.17, 15) is 0 Å². The quantitative estimate of drug-likeness (QED) is 0.0155. The summed E-state index contributed by atoms with van der Waals surface area (Å²) < 4.78 is 2.73. The van der Waals surface area contributed by atoms with Crippen molar-refractivity contribution < 1.29 is 75.6 Å². The summed E-state index contributed by atoms with van der Waals surface area (Å²) in [4.78, 5) is 8.35. The van der Waals surface area contributed by atoms with Crippen molar-refractivity contribution in [2.75, 3.05) is 45.8 Å². The Kier molecular flexibility index (Phi) is 70.0. The highest BCUT2D eigenvalue weighted by atomic mass is 79.9. The van der Waals surface area contributed by atoms with Crippen molar-refractivity contribution in [3.8, 4) is 0 Å². The van der Waals surface area contributed by atoms with Gasteiger partial charge in [-0.15, -0.1) is 21.6 Å². The number of unbranched alkanes of at least 4 members (excludes halogenated alkanes) is 10. The summed E-state index contributed by atoms with van der Waals surface area (Å²) in [5, 5.41) is 4.30. The molecule has 0 bridgehead atoms. The van der Waals surface area contributed by atoms with Gasteiger partial charge in [0.25, 0.3) is 0 Å². The molecule has 2 unspecified atom stereocenters. The van der Waals surface area contributed by atoms with Gasteiger partial charge in [0, 0.05) is 22.3 Å². The number of hydrogen-bond acceptors (Lipinski definition) is 0. The minimum atomic E-state index is -1.78. The maximum atomic E-state index is 3.01. The number of halogens is 6. The van der Waals surface area contributed by atoms with Crippen LogP contribution >= 0.6 is 28.9 Å². The molecule has 0 N–H and O–H groups in total. The average Bonchev–Trinajstić information content (AvgIpc) is 0.750.